The van der Waals surface area contributed by atoms with E-state index >= 15 is 0 Å². The van der Waals surface area contributed by atoms with Crippen LogP contribution < -0.4 is 9.73 Å². The summed E-state index contributed by atoms with van der Waals surface area (Å²) in [6, 6.07) is 17.2. The third-order valence-electron chi connectivity index (χ3n) is 4.83. The summed E-state index contributed by atoms with van der Waals surface area (Å²) in [6.45, 7) is 5.58. The molecule has 0 radical (unpaired) electrons. The molecule has 32 heavy (non-hydrogen) atoms. The molecule has 0 fully saturated rings. The van der Waals surface area contributed by atoms with E-state index in [9.17, 15) is 13.2 Å². The number of nitrogens with zero attached hydrogens (tertiary/aromatic N) is 3. The first kappa shape index (κ1) is 23.1. The van der Waals surface area contributed by atoms with Crippen LogP contribution in [0.1, 0.15) is 36.5 Å². The molecular formula is C24H26N4O3S. The zero-order chi connectivity index (χ0) is 23.1. The zero-order valence-electron chi connectivity index (χ0n) is 18.3. The fourth-order valence-electron chi connectivity index (χ4n) is 2.97. The molecule has 8 heteroatoms. The molecule has 0 aliphatic rings. The Labute approximate surface area is 188 Å². The van der Waals surface area contributed by atoms with Gasteiger partial charge in [-0.05, 0) is 48.7 Å². The molecule has 0 bridgehead atoms. The lowest BCUT2D eigenvalue weighted by molar-refractivity contribution is -0.119. The standard InChI is InChI=1S/C24H26N4O3S/c1-18(2)21-8-10-22(11-9-21)28(32(30,31)23-12-6-19(3)7-13-23)17-24(29)27-26-16-20-5-4-14-25-15-20/h4-16,18H,17H2,1-3H3,(H,27,29)/b26-16+. The summed E-state index contributed by atoms with van der Waals surface area (Å²) in [5.74, 6) is -0.259. The number of sulfonamides is 1. The first-order valence-electron chi connectivity index (χ1n) is 10.2. The number of aromatic nitrogens is 1. The lowest BCUT2D eigenvalue weighted by atomic mass is 10.0. The molecule has 1 amide bonds. The second-order valence-electron chi connectivity index (χ2n) is 7.65. The molecular weight excluding hydrogens is 424 g/mol. The van der Waals surface area contributed by atoms with Crippen molar-refractivity contribution in [2.45, 2.75) is 31.6 Å². The number of carbonyl (C=O) groups excluding carboxylic acids is 1. The van der Waals surface area contributed by atoms with E-state index in [0.717, 1.165) is 15.4 Å². The van der Waals surface area contributed by atoms with Crippen molar-refractivity contribution in [2.75, 3.05) is 10.8 Å². The molecule has 0 spiro atoms. The van der Waals surface area contributed by atoms with E-state index in [-0.39, 0.29) is 4.90 Å². The molecule has 7 nitrogen and oxygen atoms in total. The van der Waals surface area contributed by atoms with Gasteiger partial charge < -0.3 is 0 Å². The number of anilines is 1. The number of amides is 1. The van der Waals surface area contributed by atoms with Crippen LogP contribution in [0.25, 0.3) is 0 Å². The van der Waals surface area contributed by atoms with Crippen molar-refractivity contribution in [2.24, 2.45) is 5.10 Å². The van der Waals surface area contributed by atoms with Gasteiger partial charge in [0, 0.05) is 18.0 Å². The summed E-state index contributed by atoms with van der Waals surface area (Å²) in [5, 5.41) is 3.91. The molecule has 3 aromatic rings. The van der Waals surface area contributed by atoms with E-state index in [4.69, 9.17) is 0 Å². The third-order valence-corrected chi connectivity index (χ3v) is 6.62. The number of hydrazone groups is 1. The maximum atomic E-state index is 13.4. The minimum absolute atomic E-state index is 0.114. The van der Waals surface area contributed by atoms with E-state index in [2.05, 4.69) is 29.4 Å². The van der Waals surface area contributed by atoms with Gasteiger partial charge in [-0.15, -0.1) is 0 Å². The van der Waals surface area contributed by atoms with Crippen LogP contribution in [0.5, 0.6) is 0 Å². The predicted molar refractivity (Wildman–Crippen MR) is 126 cm³/mol. The number of carbonyl (C=O) groups is 1. The molecule has 0 unspecified atom stereocenters. The Hall–Kier alpha value is -3.52. The van der Waals surface area contributed by atoms with E-state index in [1.165, 1.54) is 6.21 Å². The molecule has 1 aromatic heterocycles. The van der Waals surface area contributed by atoms with Gasteiger partial charge in [-0.2, -0.15) is 5.10 Å². The lowest BCUT2D eigenvalue weighted by Gasteiger charge is -2.24. The quantitative estimate of drug-likeness (QED) is 0.417. The molecule has 0 aliphatic carbocycles. The maximum absolute atomic E-state index is 13.4. The summed E-state index contributed by atoms with van der Waals surface area (Å²) in [4.78, 5) is 16.7. The van der Waals surface area contributed by atoms with Gasteiger partial charge in [0.25, 0.3) is 15.9 Å². The SMILES string of the molecule is Cc1ccc(S(=O)(=O)N(CC(=O)N/N=C/c2cccnc2)c2ccc(C(C)C)cc2)cc1. The van der Waals surface area contributed by atoms with E-state index < -0.39 is 22.5 Å². The summed E-state index contributed by atoms with van der Waals surface area (Å²) in [6.07, 6.45) is 4.68. The summed E-state index contributed by atoms with van der Waals surface area (Å²) in [7, 11) is -3.97. The van der Waals surface area contributed by atoms with Crippen LogP contribution in [0.3, 0.4) is 0 Å². The molecule has 166 valence electrons. The van der Waals surface area contributed by atoms with Crippen molar-refractivity contribution in [3.05, 3.63) is 89.7 Å². The Bertz CT molecular complexity index is 1170. The molecule has 1 N–H and O–H groups in total. The summed E-state index contributed by atoms with van der Waals surface area (Å²) in [5.41, 5.74) is 5.52. The second kappa shape index (κ2) is 10.2. The van der Waals surface area contributed by atoms with Crippen LogP contribution in [-0.2, 0) is 14.8 Å². The molecule has 3 rings (SSSR count). The first-order chi connectivity index (χ1) is 15.3. The molecule has 0 saturated carbocycles. The Morgan fingerprint density at radius 3 is 2.38 bits per heavy atom. The smallest absolute Gasteiger partial charge is 0.264 e. The van der Waals surface area contributed by atoms with Crippen LogP contribution in [-0.4, -0.2) is 32.1 Å². The lowest BCUT2D eigenvalue weighted by Crippen LogP contribution is -2.39. The molecule has 0 atom stereocenters. The topological polar surface area (TPSA) is 91.7 Å². The van der Waals surface area contributed by atoms with Crippen molar-refractivity contribution < 1.29 is 13.2 Å². The summed E-state index contributed by atoms with van der Waals surface area (Å²) < 4.78 is 27.9. The number of hydrogen-bond donors (Lipinski definition) is 1. The molecule has 0 aliphatic heterocycles. The van der Waals surface area contributed by atoms with Gasteiger partial charge in [0.2, 0.25) is 0 Å². The van der Waals surface area contributed by atoms with E-state index in [1.54, 1.807) is 60.9 Å². The highest BCUT2D eigenvalue weighted by molar-refractivity contribution is 7.92. The van der Waals surface area contributed by atoms with Gasteiger partial charge in [-0.3, -0.25) is 14.1 Å². The third kappa shape index (κ3) is 5.79. The molecule has 0 saturated heterocycles. The van der Waals surface area contributed by atoms with Crippen molar-refractivity contribution in [1.29, 1.82) is 0 Å². The largest absolute Gasteiger partial charge is 0.271 e. The second-order valence-corrected chi connectivity index (χ2v) is 9.51. The Kier molecular flexibility index (Phi) is 7.37. The highest BCUT2D eigenvalue weighted by Gasteiger charge is 2.27. The van der Waals surface area contributed by atoms with Gasteiger partial charge in [-0.1, -0.05) is 49.7 Å². The fourth-order valence-corrected chi connectivity index (χ4v) is 4.40. The van der Waals surface area contributed by atoms with Crippen LogP contribution in [0, 0.1) is 6.92 Å². The Morgan fingerprint density at radius 2 is 1.78 bits per heavy atom. The zero-order valence-corrected chi connectivity index (χ0v) is 19.1. The van der Waals surface area contributed by atoms with Crippen LogP contribution in [0.2, 0.25) is 0 Å². The summed E-state index contributed by atoms with van der Waals surface area (Å²) >= 11 is 0. The number of pyridine rings is 1. The maximum Gasteiger partial charge on any atom is 0.264 e. The van der Waals surface area contributed by atoms with Gasteiger partial charge in [-0.25, -0.2) is 13.8 Å². The van der Waals surface area contributed by atoms with Crippen LogP contribution in [0.15, 0.2) is 83.1 Å². The number of benzene rings is 2. The van der Waals surface area contributed by atoms with Gasteiger partial charge >= 0.3 is 0 Å². The van der Waals surface area contributed by atoms with Crippen molar-refractivity contribution in [3.8, 4) is 0 Å². The predicted octanol–water partition coefficient (Wildman–Crippen LogP) is 3.86. The average Bonchev–Trinajstić information content (AvgIpc) is 2.78. The molecule has 2 aromatic carbocycles. The van der Waals surface area contributed by atoms with Crippen LogP contribution in [0.4, 0.5) is 5.69 Å². The van der Waals surface area contributed by atoms with Crippen molar-refractivity contribution in [3.63, 3.8) is 0 Å². The van der Waals surface area contributed by atoms with Crippen LogP contribution >= 0.6 is 0 Å². The Balaban J connectivity index is 1.87. The van der Waals surface area contributed by atoms with E-state index in [1.807, 2.05) is 19.1 Å². The van der Waals surface area contributed by atoms with Gasteiger partial charge in [0.15, 0.2) is 0 Å². The minimum atomic E-state index is -3.97. The minimum Gasteiger partial charge on any atom is -0.271 e. The first-order valence-corrected chi connectivity index (χ1v) is 11.6. The number of nitrogens with one attached hydrogen (secondary N) is 1. The number of hydrogen-bond acceptors (Lipinski definition) is 5. The average molecular weight is 451 g/mol. The highest BCUT2D eigenvalue weighted by atomic mass is 32.2. The normalized spacial score (nSPS) is 11.6. The highest BCUT2D eigenvalue weighted by Crippen LogP contribution is 2.26. The monoisotopic (exact) mass is 450 g/mol. The number of rotatable bonds is 8. The number of aryl methyl sites for hydroxylation is 1. The van der Waals surface area contributed by atoms with Crippen molar-refractivity contribution >= 4 is 27.8 Å². The van der Waals surface area contributed by atoms with Crippen molar-refractivity contribution in [1.82, 2.24) is 10.4 Å². The van der Waals surface area contributed by atoms with E-state index in [0.29, 0.717) is 17.2 Å². The Morgan fingerprint density at radius 1 is 1.09 bits per heavy atom. The molecule has 1 heterocycles. The fraction of sp³-hybridized carbons (Fsp3) is 0.208. The van der Waals surface area contributed by atoms with Gasteiger partial charge in [0.05, 0.1) is 16.8 Å². The van der Waals surface area contributed by atoms with Gasteiger partial charge in [0.1, 0.15) is 6.54 Å².